The SMILES string of the molecule is N#CC(Cl)(Cl)Cl.[Ar]. The van der Waals surface area contributed by atoms with Gasteiger partial charge < -0.3 is 0 Å². The van der Waals surface area contributed by atoms with E-state index < -0.39 is 3.79 Å². The number of nitrogens with zero attached hydrogens (tertiary/aromatic N) is 1. The van der Waals surface area contributed by atoms with Crippen molar-refractivity contribution in [2.45, 2.75) is 3.79 Å². The fraction of sp³-hybridized carbons (Fsp3) is 0.500. The summed E-state index contributed by atoms with van der Waals surface area (Å²) in [5.74, 6) is 0. The molecule has 0 aromatic carbocycles. The first-order chi connectivity index (χ1) is 2.56. The normalized spacial score (nSPS) is 8.86. The maximum absolute atomic E-state index is 7.76. The summed E-state index contributed by atoms with van der Waals surface area (Å²) in [6, 6.07) is 1.40. The summed E-state index contributed by atoms with van der Waals surface area (Å²) in [6.45, 7) is 0. The Hall–Kier alpha value is 1.62. The van der Waals surface area contributed by atoms with Crippen LogP contribution in [0.4, 0.5) is 0 Å². The molecule has 0 heterocycles. The van der Waals surface area contributed by atoms with Crippen LogP contribution in [0, 0.1) is 49.1 Å². The van der Waals surface area contributed by atoms with Crippen molar-refractivity contribution in [2.75, 3.05) is 0 Å². The molecule has 0 unspecified atom stereocenters. The minimum atomic E-state index is -1.74. The molecule has 0 aromatic rings. The van der Waals surface area contributed by atoms with E-state index in [9.17, 15) is 0 Å². The predicted molar refractivity (Wildman–Crippen MR) is 25.9 cm³/mol. The van der Waals surface area contributed by atoms with E-state index in [2.05, 4.69) is 0 Å². The summed E-state index contributed by atoms with van der Waals surface area (Å²) < 4.78 is -1.74. The van der Waals surface area contributed by atoms with Crippen molar-refractivity contribution in [3.8, 4) is 6.07 Å². The zero-order chi connectivity index (χ0) is 5.21. The summed E-state index contributed by atoms with van der Waals surface area (Å²) in [6.07, 6.45) is 0. The Morgan fingerprint density at radius 3 is 1.43 bits per heavy atom. The predicted octanol–water partition coefficient (Wildman–Crippen LogP) is 1.88. The molecule has 42 valence electrons. The van der Waals surface area contributed by atoms with E-state index >= 15 is 0 Å². The van der Waals surface area contributed by atoms with Gasteiger partial charge in [0.25, 0.3) is 3.79 Å². The van der Waals surface area contributed by atoms with Gasteiger partial charge in [-0.3, -0.25) is 0 Å². The van der Waals surface area contributed by atoms with Crippen LogP contribution in [0.2, 0.25) is 0 Å². The maximum Gasteiger partial charge on any atom is 0.277 e. The largest absolute Gasteiger partial charge is 0.277 e. The number of hydrogen-bond acceptors (Lipinski definition) is 1. The molecule has 0 aliphatic carbocycles. The van der Waals surface area contributed by atoms with Crippen LogP contribution in [-0.4, -0.2) is 3.79 Å². The van der Waals surface area contributed by atoms with Crippen molar-refractivity contribution in [3.63, 3.8) is 0 Å². The average Bonchev–Trinajstić information content (AvgIpc) is 1.35. The van der Waals surface area contributed by atoms with Crippen LogP contribution >= 0.6 is 34.8 Å². The van der Waals surface area contributed by atoms with E-state index in [4.69, 9.17) is 40.1 Å². The third-order valence-corrected chi connectivity index (χ3v) is 0.380. The molecule has 0 aliphatic rings. The topological polar surface area (TPSA) is 23.8 Å². The monoisotopic (exact) mass is 183 g/mol. The van der Waals surface area contributed by atoms with E-state index in [1.165, 1.54) is 6.07 Å². The molecule has 0 atom stereocenters. The Kier molecular flexibility index (Phi) is 7.33. The Balaban J connectivity index is 0. The molecule has 1 nitrogen and oxygen atoms in total. The zero-order valence-corrected chi connectivity index (χ0v) is 5.91. The summed E-state index contributed by atoms with van der Waals surface area (Å²) in [4.78, 5) is 0. The molecule has 7 heavy (non-hydrogen) atoms. The molecule has 0 spiro atoms. The second kappa shape index (κ2) is 4.49. The summed E-state index contributed by atoms with van der Waals surface area (Å²) in [7, 11) is 0. The maximum atomic E-state index is 7.76. The van der Waals surface area contributed by atoms with Crippen LogP contribution in [0.1, 0.15) is 0 Å². The molecule has 0 amide bonds. The Bertz CT molecular complexity index is 79.9. The first kappa shape index (κ1) is 11.4. The summed E-state index contributed by atoms with van der Waals surface area (Å²) in [5.41, 5.74) is 0. The Labute approximate surface area is 86.5 Å². The van der Waals surface area contributed by atoms with Gasteiger partial charge in [0.2, 0.25) is 0 Å². The van der Waals surface area contributed by atoms with Crippen molar-refractivity contribution in [3.05, 3.63) is 0 Å². The fourth-order valence-corrected chi connectivity index (χ4v) is 0. The molecule has 0 aromatic heterocycles. The zero-order valence-electron chi connectivity index (χ0n) is 2.93. The van der Waals surface area contributed by atoms with Crippen molar-refractivity contribution in [1.29, 1.82) is 5.26 Å². The van der Waals surface area contributed by atoms with Gasteiger partial charge in [-0.2, -0.15) is 5.26 Å². The van der Waals surface area contributed by atoms with Crippen LogP contribution in [0.25, 0.3) is 0 Å². The van der Waals surface area contributed by atoms with Gasteiger partial charge >= 0.3 is 0 Å². The smallest absolute Gasteiger partial charge is 0.194 e. The number of alkyl halides is 3. The van der Waals surface area contributed by atoms with Gasteiger partial charge in [-0.05, 0) is 0 Å². The Morgan fingerprint density at radius 1 is 1.29 bits per heavy atom. The van der Waals surface area contributed by atoms with Crippen LogP contribution in [0.3, 0.4) is 0 Å². The number of halogens is 3. The second-order valence-electron chi connectivity index (χ2n) is 0.610. The van der Waals surface area contributed by atoms with Gasteiger partial charge in [0.15, 0.2) is 0 Å². The van der Waals surface area contributed by atoms with Gasteiger partial charge in [-0.1, -0.05) is 34.8 Å². The van der Waals surface area contributed by atoms with Gasteiger partial charge in [-0.15, -0.1) is 0 Å². The van der Waals surface area contributed by atoms with E-state index in [1.54, 1.807) is 0 Å². The third kappa shape index (κ3) is 11.3. The van der Waals surface area contributed by atoms with Gasteiger partial charge in [0.05, 0.1) is 0 Å². The molecule has 0 saturated carbocycles. The molecule has 0 fully saturated rings. The van der Waals surface area contributed by atoms with E-state index in [-0.39, 0.29) is 37.7 Å². The minimum Gasteiger partial charge on any atom is -0.194 e. The number of nitriles is 1. The van der Waals surface area contributed by atoms with Crippen molar-refractivity contribution in [2.24, 2.45) is 0 Å². The van der Waals surface area contributed by atoms with Gasteiger partial charge in [0.1, 0.15) is 6.07 Å². The van der Waals surface area contributed by atoms with Crippen LogP contribution in [0.5, 0.6) is 0 Å². The molecule has 0 N–H and O–H groups in total. The first-order valence-electron chi connectivity index (χ1n) is 1.04. The molecular formula is C2ArCl3N. The summed E-state index contributed by atoms with van der Waals surface area (Å²) in [5, 5.41) is 7.76. The molecule has 0 aliphatic heterocycles. The fourth-order valence-electron chi connectivity index (χ4n) is 0. The standard InChI is InChI=1S/C2Cl3N.Ar/c3-2(4,5)1-6;. The molecular weight excluding hydrogens is 184 g/mol. The van der Waals surface area contributed by atoms with Crippen LogP contribution in [0.15, 0.2) is 0 Å². The van der Waals surface area contributed by atoms with Gasteiger partial charge in [-0.25, -0.2) is 0 Å². The molecule has 0 bridgehead atoms. The van der Waals surface area contributed by atoms with Crippen molar-refractivity contribution in [1.82, 2.24) is 0 Å². The van der Waals surface area contributed by atoms with E-state index in [1.807, 2.05) is 0 Å². The first-order valence-corrected chi connectivity index (χ1v) is 2.17. The third-order valence-electron chi connectivity index (χ3n) is 0.127. The van der Waals surface area contributed by atoms with Crippen molar-refractivity contribution >= 4 is 34.8 Å². The molecule has 0 saturated heterocycles. The molecule has 5 heteroatoms. The second-order valence-corrected chi connectivity index (χ2v) is 2.89. The van der Waals surface area contributed by atoms with Gasteiger partial charge in [0, 0.05) is 37.7 Å². The molecule has 0 radical (unpaired) electrons. The van der Waals surface area contributed by atoms with E-state index in [0.29, 0.717) is 0 Å². The average molecular weight is 184 g/mol. The van der Waals surface area contributed by atoms with E-state index in [0.717, 1.165) is 0 Å². The quantitative estimate of drug-likeness (QED) is 0.527. The summed E-state index contributed by atoms with van der Waals surface area (Å²) >= 11 is 14.7. The van der Waals surface area contributed by atoms with Crippen LogP contribution in [-0.2, 0) is 0 Å². The Morgan fingerprint density at radius 2 is 1.43 bits per heavy atom. The van der Waals surface area contributed by atoms with Crippen LogP contribution < -0.4 is 0 Å². The van der Waals surface area contributed by atoms with Crippen molar-refractivity contribution < 1.29 is 37.7 Å². The minimum absolute atomic E-state index is 0. The molecule has 0 rings (SSSR count). The number of rotatable bonds is 0. The number of hydrogen-bond donors (Lipinski definition) is 0.